The maximum absolute atomic E-state index is 12.5. The zero-order chi connectivity index (χ0) is 19.8. The second-order valence-electron chi connectivity index (χ2n) is 7.06. The van der Waals surface area contributed by atoms with Crippen LogP contribution in [0.15, 0.2) is 42.6 Å². The Morgan fingerprint density at radius 2 is 1.89 bits per heavy atom. The molecule has 1 aliphatic rings. The molecule has 1 aliphatic carbocycles. The SMILES string of the molecule is COc1ccccc1CCNC(=O)c1cc(C(=O)NC2CCCCC2)ccn1. The van der Waals surface area contributed by atoms with Crippen LogP contribution in [0, 0.1) is 0 Å². The fourth-order valence-corrected chi connectivity index (χ4v) is 3.52. The Morgan fingerprint density at radius 1 is 1.11 bits per heavy atom. The Balaban J connectivity index is 1.55. The predicted octanol–water partition coefficient (Wildman–Crippen LogP) is 3.13. The summed E-state index contributed by atoms with van der Waals surface area (Å²) in [5, 5.41) is 5.92. The van der Waals surface area contributed by atoms with Crippen molar-refractivity contribution < 1.29 is 14.3 Å². The monoisotopic (exact) mass is 381 g/mol. The third-order valence-electron chi connectivity index (χ3n) is 5.07. The molecule has 0 atom stereocenters. The fourth-order valence-electron chi connectivity index (χ4n) is 3.52. The van der Waals surface area contributed by atoms with Crippen LogP contribution >= 0.6 is 0 Å². The van der Waals surface area contributed by atoms with Gasteiger partial charge in [0.25, 0.3) is 11.8 Å². The lowest BCUT2D eigenvalue weighted by Crippen LogP contribution is -2.36. The molecule has 6 heteroatoms. The first-order chi connectivity index (χ1) is 13.7. The summed E-state index contributed by atoms with van der Waals surface area (Å²) in [5.41, 5.74) is 1.74. The molecule has 1 saturated carbocycles. The number of nitrogens with zero attached hydrogens (tertiary/aromatic N) is 1. The van der Waals surface area contributed by atoms with E-state index < -0.39 is 0 Å². The molecule has 0 bridgehead atoms. The summed E-state index contributed by atoms with van der Waals surface area (Å²) >= 11 is 0. The van der Waals surface area contributed by atoms with Gasteiger partial charge >= 0.3 is 0 Å². The highest BCUT2D eigenvalue weighted by molar-refractivity contribution is 5.98. The maximum Gasteiger partial charge on any atom is 0.269 e. The highest BCUT2D eigenvalue weighted by atomic mass is 16.5. The van der Waals surface area contributed by atoms with E-state index in [2.05, 4.69) is 15.6 Å². The Hall–Kier alpha value is -2.89. The van der Waals surface area contributed by atoms with Gasteiger partial charge in [-0.3, -0.25) is 14.6 Å². The van der Waals surface area contributed by atoms with Crippen molar-refractivity contribution in [3.05, 3.63) is 59.4 Å². The lowest BCUT2D eigenvalue weighted by Gasteiger charge is -2.22. The van der Waals surface area contributed by atoms with Gasteiger partial charge in [0.1, 0.15) is 11.4 Å². The number of amides is 2. The predicted molar refractivity (Wildman–Crippen MR) is 108 cm³/mol. The molecule has 28 heavy (non-hydrogen) atoms. The number of hydrogen-bond acceptors (Lipinski definition) is 4. The van der Waals surface area contributed by atoms with Crippen LogP contribution in [0.1, 0.15) is 58.5 Å². The van der Waals surface area contributed by atoms with E-state index in [0.717, 1.165) is 37.0 Å². The van der Waals surface area contributed by atoms with Gasteiger partial charge in [0, 0.05) is 24.3 Å². The second-order valence-corrected chi connectivity index (χ2v) is 7.06. The third-order valence-corrected chi connectivity index (χ3v) is 5.07. The van der Waals surface area contributed by atoms with Crippen molar-refractivity contribution in [2.45, 2.75) is 44.6 Å². The van der Waals surface area contributed by atoms with E-state index in [1.54, 1.807) is 19.2 Å². The van der Waals surface area contributed by atoms with E-state index in [4.69, 9.17) is 4.74 Å². The molecule has 148 valence electrons. The lowest BCUT2D eigenvalue weighted by atomic mass is 9.95. The smallest absolute Gasteiger partial charge is 0.269 e. The number of hydrogen-bond donors (Lipinski definition) is 2. The van der Waals surface area contributed by atoms with Crippen molar-refractivity contribution in [2.24, 2.45) is 0 Å². The molecule has 1 aromatic heterocycles. The average molecular weight is 381 g/mol. The van der Waals surface area contributed by atoms with Crippen LogP contribution in [-0.2, 0) is 6.42 Å². The Morgan fingerprint density at radius 3 is 2.68 bits per heavy atom. The summed E-state index contributed by atoms with van der Waals surface area (Å²) in [7, 11) is 1.63. The minimum Gasteiger partial charge on any atom is -0.496 e. The average Bonchev–Trinajstić information content (AvgIpc) is 2.75. The van der Waals surface area contributed by atoms with Crippen LogP contribution in [0.4, 0.5) is 0 Å². The van der Waals surface area contributed by atoms with Crippen LogP contribution in [0.5, 0.6) is 5.75 Å². The molecule has 2 N–H and O–H groups in total. The van der Waals surface area contributed by atoms with Gasteiger partial charge in [-0.25, -0.2) is 0 Å². The van der Waals surface area contributed by atoms with Gasteiger partial charge < -0.3 is 15.4 Å². The summed E-state index contributed by atoms with van der Waals surface area (Å²) in [6, 6.07) is 11.1. The molecule has 2 aromatic rings. The number of ether oxygens (including phenoxy) is 1. The molecule has 3 rings (SSSR count). The molecule has 1 aromatic carbocycles. The van der Waals surface area contributed by atoms with Crippen LogP contribution in [-0.4, -0.2) is 36.5 Å². The van der Waals surface area contributed by atoms with Crippen LogP contribution in [0.25, 0.3) is 0 Å². The largest absolute Gasteiger partial charge is 0.496 e. The van der Waals surface area contributed by atoms with E-state index in [0.29, 0.717) is 18.5 Å². The van der Waals surface area contributed by atoms with E-state index in [9.17, 15) is 9.59 Å². The van der Waals surface area contributed by atoms with Crippen molar-refractivity contribution >= 4 is 11.8 Å². The first-order valence-corrected chi connectivity index (χ1v) is 9.84. The zero-order valence-electron chi connectivity index (χ0n) is 16.2. The van der Waals surface area contributed by atoms with Crippen molar-refractivity contribution in [3.8, 4) is 5.75 Å². The van der Waals surface area contributed by atoms with E-state index in [1.165, 1.54) is 12.6 Å². The molecule has 0 spiro atoms. The summed E-state index contributed by atoms with van der Waals surface area (Å²) in [6.45, 7) is 0.458. The fraction of sp³-hybridized carbons (Fsp3) is 0.409. The molecular weight excluding hydrogens is 354 g/mol. The number of nitrogens with one attached hydrogen (secondary N) is 2. The van der Waals surface area contributed by atoms with Crippen LogP contribution < -0.4 is 15.4 Å². The first-order valence-electron chi connectivity index (χ1n) is 9.84. The Labute approximate surface area is 165 Å². The van der Waals surface area contributed by atoms with Crippen molar-refractivity contribution in [1.82, 2.24) is 15.6 Å². The third kappa shape index (κ3) is 5.31. The van der Waals surface area contributed by atoms with Gasteiger partial charge in [0.15, 0.2) is 0 Å². The Kier molecular flexibility index (Phi) is 7.00. The number of pyridine rings is 1. The van der Waals surface area contributed by atoms with Gasteiger partial charge in [0.05, 0.1) is 7.11 Å². The molecule has 2 amide bonds. The quantitative estimate of drug-likeness (QED) is 0.772. The molecular formula is C22H27N3O3. The number of carbonyl (C=O) groups is 2. The summed E-state index contributed by atoms with van der Waals surface area (Å²) < 4.78 is 5.32. The van der Waals surface area contributed by atoms with Crippen molar-refractivity contribution in [2.75, 3.05) is 13.7 Å². The topological polar surface area (TPSA) is 80.3 Å². The standard InChI is InChI=1S/C22H27N3O3/c1-28-20-10-6-5-7-16(20)11-14-24-22(27)19-15-17(12-13-23-19)21(26)25-18-8-3-2-4-9-18/h5-7,10,12-13,15,18H,2-4,8-9,11,14H2,1H3,(H,24,27)(H,25,26). The van der Waals surface area contributed by atoms with Gasteiger partial charge in [-0.1, -0.05) is 37.5 Å². The number of benzene rings is 1. The van der Waals surface area contributed by atoms with Crippen molar-refractivity contribution in [3.63, 3.8) is 0 Å². The minimum atomic E-state index is -0.290. The number of para-hydroxylation sites is 1. The van der Waals surface area contributed by atoms with Gasteiger partial charge in [0.2, 0.25) is 0 Å². The molecule has 0 radical (unpaired) electrons. The minimum absolute atomic E-state index is 0.141. The highest BCUT2D eigenvalue weighted by Gasteiger charge is 2.18. The maximum atomic E-state index is 12.5. The van der Waals surface area contributed by atoms with E-state index in [-0.39, 0.29) is 23.6 Å². The number of rotatable bonds is 7. The number of aromatic nitrogens is 1. The normalized spacial score (nSPS) is 14.3. The lowest BCUT2D eigenvalue weighted by molar-refractivity contribution is 0.0927. The van der Waals surface area contributed by atoms with Crippen LogP contribution in [0.2, 0.25) is 0 Å². The Bertz CT molecular complexity index is 816. The summed E-state index contributed by atoms with van der Waals surface area (Å²) in [4.78, 5) is 29.0. The summed E-state index contributed by atoms with van der Waals surface area (Å²) in [6.07, 6.45) is 7.74. The highest BCUT2D eigenvalue weighted by Crippen LogP contribution is 2.18. The van der Waals surface area contributed by atoms with E-state index in [1.807, 2.05) is 24.3 Å². The van der Waals surface area contributed by atoms with Gasteiger partial charge in [-0.15, -0.1) is 0 Å². The first kappa shape index (κ1) is 19.9. The second kappa shape index (κ2) is 9.88. The van der Waals surface area contributed by atoms with Crippen molar-refractivity contribution in [1.29, 1.82) is 0 Å². The number of carbonyl (C=O) groups excluding carboxylic acids is 2. The molecule has 6 nitrogen and oxygen atoms in total. The molecule has 0 saturated heterocycles. The zero-order valence-corrected chi connectivity index (χ0v) is 16.2. The van der Waals surface area contributed by atoms with Crippen LogP contribution in [0.3, 0.4) is 0 Å². The molecule has 1 fully saturated rings. The number of methoxy groups -OCH3 is 1. The van der Waals surface area contributed by atoms with E-state index >= 15 is 0 Å². The van der Waals surface area contributed by atoms with Gasteiger partial charge in [-0.05, 0) is 43.0 Å². The summed E-state index contributed by atoms with van der Waals surface area (Å²) in [5.74, 6) is 0.371. The van der Waals surface area contributed by atoms with Gasteiger partial charge in [-0.2, -0.15) is 0 Å². The molecule has 0 unspecified atom stereocenters. The molecule has 1 heterocycles. The molecule has 0 aliphatic heterocycles.